The highest BCUT2D eigenvalue weighted by Gasteiger charge is 2.15. The second-order valence-electron chi connectivity index (χ2n) is 5.46. The molecule has 2 aromatic rings. The van der Waals surface area contributed by atoms with Crippen molar-refractivity contribution in [2.75, 3.05) is 38.2 Å². The second-order valence-corrected chi connectivity index (χ2v) is 6.54. The molecule has 2 aromatic carbocycles. The minimum absolute atomic E-state index is 0. The van der Waals surface area contributed by atoms with Crippen molar-refractivity contribution in [1.82, 2.24) is 5.32 Å². The van der Waals surface area contributed by atoms with Gasteiger partial charge in [-0.3, -0.25) is 0 Å². The van der Waals surface area contributed by atoms with Crippen molar-refractivity contribution in [1.29, 1.82) is 0 Å². The molecule has 0 amide bonds. The average molecular weight is 351 g/mol. The lowest BCUT2D eigenvalue weighted by atomic mass is 10.2. The summed E-state index contributed by atoms with van der Waals surface area (Å²) in [4.78, 5) is 4.90. The first-order valence-electron chi connectivity index (χ1n) is 7.65. The Bertz CT molecular complexity index is 645. The maximum Gasteiger partial charge on any atom is 0.133 e. The molecule has 3 rings (SSSR count). The number of hydrogen-bond acceptors (Lipinski definition) is 4. The smallest absolute Gasteiger partial charge is 0.133 e. The van der Waals surface area contributed by atoms with Crippen LogP contribution in [0.15, 0.2) is 52.3 Å². The maximum atomic E-state index is 5.54. The first-order chi connectivity index (χ1) is 10.8. The summed E-state index contributed by atoms with van der Waals surface area (Å²) >= 11 is 1.78. The van der Waals surface area contributed by atoms with Gasteiger partial charge in [0.15, 0.2) is 0 Å². The van der Waals surface area contributed by atoms with E-state index in [0.29, 0.717) is 0 Å². The van der Waals surface area contributed by atoms with E-state index < -0.39 is 0 Å². The predicted octanol–water partition coefficient (Wildman–Crippen LogP) is 3.99. The zero-order chi connectivity index (χ0) is 15.4. The Kier molecular flexibility index (Phi) is 6.63. The molecule has 3 nitrogen and oxygen atoms in total. The summed E-state index contributed by atoms with van der Waals surface area (Å²) in [6.45, 7) is 6.30. The quantitative estimate of drug-likeness (QED) is 0.901. The minimum Gasteiger partial charge on any atom is -0.496 e. The lowest BCUT2D eigenvalue weighted by Crippen LogP contribution is -2.43. The Labute approximate surface area is 148 Å². The number of rotatable bonds is 4. The normalized spacial score (nSPS) is 14.3. The fraction of sp³-hybridized carbons (Fsp3) is 0.333. The summed E-state index contributed by atoms with van der Waals surface area (Å²) in [5.41, 5.74) is 2.54. The molecule has 0 atom stereocenters. The third kappa shape index (κ3) is 4.34. The Balaban J connectivity index is 0.00000192. The third-order valence-corrected chi connectivity index (χ3v) is 4.98. The van der Waals surface area contributed by atoms with Gasteiger partial charge in [0.2, 0.25) is 0 Å². The van der Waals surface area contributed by atoms with E-state index in [9.17, 15) is 0 Å². The fourth-order valence-electron chi connectivity index (χ4n) is 2.69. The van der Waals surface area contributed by atoms with E-state index >= 15 is 0 Å². The van der Waals surface area contributed by atoms with Crippen LogP contribution in [0, 0.1) is 6.92 Å². The van der Waals surface area contributed by atoms with Crippen molar-refractivity contribution in [3.63, 3.8) is 0 Å². The van der Waals surface area contributed by atoms with Crippen LogP contribution < -0.4 is 15.0 Å². The monoisotopic (exact) mass is 350 g/mol. The molecule has 1 N–H and O–H groups in total. The molecule has 0 radical (unpaired) electrons. The number of ether oxygens (including phenoxy) is 1. The molecular weight excluding hydrogens is 328 g/mol. The van der Waals surface area contributed by atoms with E-state index in [1.807, 2.05) is 0 Å². The number of anilines is 1. The van der Waals surface area contributed by atoms with Crippen LogP contribution in [0.3, 0.4) is 0 Å². The van der Waals surface area contributed by atoms with Crippen molar-refractivity contribution in [3.05, 3.63) is 48.0 Å². The SMILES string of the molecule is COc1cc(C)ccc1Sc1ccccc1N1CCNCC1.Cl. The van der Waals surface area contributed by atoms with E-state index in [1.54, 1.807) is 18.9 Å². The number of methoxy groups -OCH3 is 1. The molecule has 1 fully saturated rings. The van der Waals surface area contributed by atoms with Gasteiger partial charge in [0.1, 0.15) is 5.75 Å². The number of piperazine rings is 1. The number of para-hydroxylation sites is 1. The van der Waals surface area contributed by atoms with E-state index in [4.69, 9.17) is 4.74 Å². The van der Waals surface area contributed by atoms with Gasteiger partial charge in [-0.2, -0.15) is 0 Å². The molecule has 23 heavy (non-hydrogen) atoms. The lowest BCUT2D eigenvalue weighted by molar-refractivity contribution is 0.404. The van der Waals surface area contributed by atoms with E-state index in [-0.39, 0.29) is 12.4 Å². The van der Waals surface area contributed by atoms with E-state index in [1.165, 1.54) is 16.1 Å². The summed E-state index contributed by atoms with van der Waals surface area (Å²) in [5, 5.41) is 3.41. The number of nitrogens with one attached hydrogen (secondary N) is 1. The van der Waals surface area contributed by atoms with Gasteiger partial charge in [-0.05, 0) is 36.8 Å². The molecule has 1 aliphatic heterocycles. The van der Waals surface area contributed by atoms with Crippen molar-refractivity contribution in [2.45, 2.75) is 16.7 Å². The summed E-state index contributed by atoms with van der Waals surface area (Å²) in [5.74, 6) is 0.945. The van der Waals surface area contributed by atoms with Crippen molar-refractivity contribution in [2.24, 2.45) is 0 Å². The molecule has 0 saturated carbocycles. The summed E-state index contributed by atoms with van der Waals surface area (Å²) < 4.78 is 5.54. The summed E-state index contributed by atoms with van der Waals surface area (Å²) in [6.07, 6.45) is 0. The van der Waals surface area contributed by atoms with Gasteiger partial charge in [-0.15, -0.1) is 12.4 Å². The predicted molar refractivity (Wildman–Crippen MR) is 101 cm³/mol. The van der Waals surface area contributed by atoms with Crippen LogP contribution >= 0.6 is 24.2 Å². The van der Waals surface area contributed by atoms with Crippen LogP contribution in [-0.2, 0) is 0 Å². The molecule has 1 saturated heterocycles. The van der Waals surface area contributed by atoms with E-state index in [0.717, 1.165) is 36.8 Å². The highest BCUT2D eigenvalue weighted by atomic mass is 35.5. The molecule has 124 valence electrons. The lowest BCUT2D eigenvalue weighted by Gasteiger charge is -2.31. The van der Waals surface area contributed by atoms with Crippen LogP contribution in [0.4, 0.5) is 5.69 Å². The van der Waals surface area contributed by atoms with Crippen LogP contribution in [-0.4, -0.2) is 33.3 Å². The topological polar surface area (TPSA) is 24.5 Å². The largest absolute Gasteiger partial charge is 0.496 e. The van der Waals surface area contributed by atoms with Gasteiger partial charge in [-0.1, -0.05) is 30.0 Å². The zero-order valence-corrected chi connectivity index (χ0v) is 15.2. The van der Waals surface area contributed by atoms with Gasteiger partial charge in [0.25, 0.3) is 0 Å². The summed E-state index contributed by atoms with van der Waals surface area (Å²) in [6, 6.07) is 15.0. The van der Waals surface area contributed by atoms with Crippen molar-refractivity contribution < 1.29 is 4.74 Å². The van der Waals surface area contributed by atoms with E-state index in [2.05, 4.69) is 59.6 Å². The molecule has 1 heterocycles. The molecule has 1 aliphatic rings. The van der Waals surface area contributed by atoms with Crippen molar-refractivity contribution in [3.8, 4) is 5.75 Å². The van der Waals surface area contributed by atoms with Gasteiger partial charge in [-0.25, -0.2) is 0 Å². The summed E-state index contributed by atoms with van der Waals surface area (Å²) in [7, 11) is 1.74. The minimum atomic E-state index is 0. The number of nitrogens with zero attached hydrogens (tertiary/aromatic N) is 1. The maximum absolute atomic E-state index is 5.54. The number of aryl methyl sites for hydroxylation is 1. The number of benzene rings is 2. The fourth-order valence-corrected chi connectivity index (χ4v) is 3.75. The Morgan fingerprint density at radius 2 is 1.78 bits per heavy atom. The first-order valence-corrected chi connectivity index (χ1v) is 8.47. The molecule has 0 spiro atoms. The van der Waals surface area contributed by atoms with Crippen LogP contribution in [0.1, 0.15) is 5.56 Å². The van der Waals surface area contributed by atoms with Gasteiger partial charge in [0.05, 0.1) is 17.7 Å². The molecular formula is C18H23ClN2OS. The van der Waals surface area contributed by atoms with Gasteiger partial charge < -0.3 is 15.0 Å². The van der Waals surface area contributed by atoms with Crippen LogP contribution in [0.25, 0.3) is 0 Å². The van der Waals surface area contributed by atoms with Crippen LogP contribution in [0.2, 0.25) is 0 Å². The molecule has 0 bridgehead atoms. The Hall–Kier alpha value is -1.36. The standard InChI is InChI=1S/C18H22N2OS.ClH/c1-14-7-8-18(16(13-14)21-2)22-17-6-4-3-5-15(17)20-11-9-19-10-12-20;/h3-8,13,19H,9-12H2,1-2H3;1H. The first kappa shape index (κ1) is 18.0. The highest BCUT2D eigenvalue weighted by Crippen LogP contribution is 2.40. The molecule has 0 aliphatic carbocycles. The van der Waals surface area contributed by atoms with Crippen molar-refractivity contribution >= 4 is 29.9 Å². The third-order valence-electron chi connectivity index (χ3n) is 3.86. The van der Waals surface area contributed by atoms with Crippen LogP contribution in [0.5, 0.6) is 5.75 Å². The number of halogens is 1. The zero-order valence-electron chi connectivity index (χ0n) is 13.5. The Morgan fingerprint density at radius 3 is 2.52 bits per heavy atom. The highest BCUT2D eigenvalue weighted by molar-refractivity contribution is 7.99. The van der Waals surface area contributed by atoms with Gasteiger partial charge in [0, 0.05) is 31.1 Å². The molecule has 0 aromatic heterocycles. The Morgan fingerprint density at radius 1 is 1.04 bits per heavy atom. The second kappa shape index (κ2) is 8.48. The average Bonchev–Trinajstić information content (AvgIpc) is 2.57. The molecule has 5 heteroatoms. The number of hydrogen-bond donors (Lipinski definition) is 1. The van der Waals surface area contributed by atoms with Gasteiger partial charge >= 0.3 is 0 Å². The molecule has 0 unspecified atom stereocenters.